The number of rotatable bonds is 3. The van der Waals surface area contributed by atoms with Gasteiger partial charge >= 0.3 is 0 Å². The standard InChI is InChI=1S/C9H12N6S/c1-3-7-13-6(10)4-8(14-7)16-9-11-5-12-15(9)2/h4-5H,3H2,1-2H3,(H2,10,13,14). The molecule has 2 aromatic heterocycles. The van der Waals surface area contributed by atoms with E-state index in [0.717, 1.165) is 22.4 Å². The van der Waals surface area contributed by atoms with Gasteiger partial charge in [-0.25, -0.2) is 19.6 Å². The second-order valence-corrected chi connectivity index (χ2v) is 4.16. The van der Waals surface area contributed by atoms with E-state index in [9.17, 15) is 0 Å². The maximum atomic E-state index is 5.69. The van der Waals surface area contributed by atoms with Crippen molar-refractivity contribution in [2.75, 3.05) is 5.73 Å². The van der Waals surface area contributed by atoms with Gasteiger partial charge in [0.2, 0.25) is 0 Å². The molecule has 0 spiro atoms. The van der Waals surface area contributed by atoms with Crippen LogP contribution in [0.4, 0.5) is 5.82 Å². The summed E-state index contributed by atoms with van der Waals surface area (Å²) in [5.74, 6) is 1.22. The monoisotopic (exact) mass is 236 g/mol. The molecule has 2 heterocycles. The number of aromatic nitrogens is 5. The van der Waals surface area contributed by atoms with Crippen LogP contribution in [0, 0.1) is 0 Å². The highest BCUT2D eigenvalue weighted by Crippen LogP contribution is 2.24. The van der Waals surface area contributed by atoms with Crippen LogP contribution in [0.5, 0.6) is 0 Å². The minimum absolute atomic E-state index is 0.483. The summed E-state index contributed by atoms with van der Waals surface area (Å²) in [5, 5.41) is 5.56. The molecule has 84 valence electrons. The molecule has 0 bridgehead atoms. The predicted octanol–water partition coefficient (Wildman–Crippen LogP) is 0.901. The Kier molecular flexibility index (Phi) is 3.04. The molecule has 16 heavy (non-hydrogen) atoms. The molecule has 2 rings (SSSR count). The molecule has 0 amide bonds. The van der Waals surface area contributed by atoms with Gasteiger partial charge in [0.15, 0.2) is 5.16 Å². The number of hydrogen-bond donors (Lipinski definition) is 1. The first-order valence-corrected chi connectivity index (χ1v) is 5.66. The molecule has 0 aliphatic carbocycles. The van der Waals surface area contributed by atoms with E-state index in [0.29, 0.717) is 5.82 Å². The molecule has 0 unspecified atom stereocenters. The topological polar surface area (TPSA) is 82.5 Å². The van der Waals surface area contributed by atoms with Crippen LogP contribution in [0.25, 0.3) is 0 Å². The van der Waals surface area contributed by atoms with Crippen molar-refractivity contribution in [3.63, 3.8) is 0 Å². The second-order valence-electron chi connectivity index (χ2n) is 3.17. The minimum Gasteiger partial charge on any atom is -0.384 e. The zero-order valence-electron chi connectivity index (χ0n) is 9.08. The molecular weight excluding hydrogens is 224 g/mol. The van der Waals surface area contributed by atoms with E-state index in [1.54, 1.807) is 10.7 Å². The van der Waals surface area contributed by atoms with Crippen molar-refractivity contribution in [2.45, 2.75) is 23.5 Å². The molecule has 2 aromatic rings. The number of nitrogens with two attached hydrogens (primary N) is 1. The summed E-state index contributed by atoms with van der Waals surface area (Å²) >= 11 is 1.42. The lowest BCUT2D eigenvalue weighted by Crippen LogP contribution is -2.00. The second kappa shape index (κ2) is 4.48. The smallest absolute Gasteiger partial charge is 0.192 e. The zero-order valence-corrected chi connectivity index (χ0v) is 9.90. The van der Waals surface area contributed by atoms with Crippen LogP contribution in [0.2, 0.25) is 0 Å². The van der Waals surface area contributed by atoms with E-state index in [2.05, 4.69) is 20.1 Å². The molecule has 6 nitrogen and oxygen atoms in total. The number of nitrogen functional groups attached to an aromatic ring is 1. The van der Waals surface area contributed by atoms with Crippen LogP contribution in [0.3, 0.4) is 0 Å². The van der Waals surface area contributed by atoms with Crippen LogP contribution in [-0.2, 0) is 13.5 Å². The van der Waals surface area contributed by atoms with Crippen molar-refractivity contribution in [3.05, 3.63) is 18.2 Å². The fourth-order valence-corrected chi connectivity index (χ4v) is 1.97. The Labute approximate surface area is 97.3 Å². The average molecular weight is 236 g/mol. The van der Waals surface area contributed by atoms with Crippen LogP contribution in [0.15, 0.2) is 22.6 Å². The van der Waals surface area contributed by atoms with Gasteiger partial charge in [-0.3, -0.25) is 0 Å². The van der Waals surface area contributed by atoms with Crippen LogP contribution < -0.4 is 5.73 Å². The molecule has 0 radical (unpaired) electrons. The van der Waals surface area contributed by atoms with E-state index >= 15 is 0 Å². The molecule has 0 saturated carbocycles. The Bertz CT molecular complexity index is 494. The quantitative estimate of drug-likeness (QED) is 0.797. The van der Waals surface area contributed by atoms with Crippen molar-refractivity contribution < 1.29 is 0 Å². The summed E-state index contributed by atoms with van der Waals surface area (Å²) in [6, 6.07) is 1.73. The Morgan fingerprint density at radius 1 is 1.44 bits per heavy atom. The molecule has 2 N–H and O–H groups in total. The SMILES string of the molecule is CCc1nc(N)cc(Sc2ncnn2C)n1. The number of nitrogens with zero attached hydrogens (tertiary/aromatic N) is 5. The lowest BCUT2D eigenvalue weighted by molar-refractivity contribution is 0.684. The summed E-state index contributed by atoms with van der Waals surface area (Å²) in [6.07, 6.45) is 2.27. The predicted molar refractivity (Wildman–Crippen MR) is 60.9 cm³/mol. The third-order valence-corrected chi connectivity index (χ3v) is 2.92. The molecule has 0 atom stereocenters. The Morgan fingerprint density at radius 3 is 2.88 bits per heavy atom. The molecule has 0 fully saturated rings. The van der Waals surface area contributed by atoms with Gasteiger partial charge in [0, 0.05) is 19.5 Å². The zero-order chi connectivity index (χ0) is 11.5. The molecule has 0 saturated heterocycles. The maximum Gasteiger partial charge on any atom is 0.192 e. The normalized spacial score (nSPS) is 10.6. The van der Waals surface area contributed by atoms with Crippen molar-refractivity contribution in [1.29, 1.82) is 0 Å². The summed E-state index contributed by atoms with van der Waals surface area (Å²) in [7, 11) is 1.83. The summed E-state index contributed by atoms with van der Waals surface area (Å²) in [4.78, 5) is 12.6. The lowest BCUT2D eigenvalue weighted by atomic mass is 10.4. The lowest BCUT2D eigenvalue weighted by Gasteiger charge is -2.03. The van der Waals surface area contributed by atoms with Gasteiger partial charge in [0.25, 0.3) is 0 Å². The summed E-state index contributed by atoms with van der Waals surface area (Å²) in [6.45, 7) is 1.99. The summed E-state index contributed by atoms with van der Waals surface area (Å²) < 4.78 is 1.69. The molecule has 0 aromatic carbocycles. The fourth-order valence-electron chi connectivity index (χ4n) is 1.17. The number of aryl methyl sites for hydroxylation is 2. The Balaban J connectivity index is 2.28. The van der Waals surface area contributed by atoms with E-state index < -0.39 is 0 Å². The van der Waals surface area contributed by atoms with Gasteiger partial charge in [-0.15, -0.1) is 0 Å². The van der Waals surface area contributed by atoms with E-state index in [1.165, 1.54) is 18.1 Å². The fraction of sp³-hybridized carbons (Fsp3) is 0.333. The maximum absolute atomic E-state index is 5.69. The third-order valence-electron chi connectivity index (χ3n) is 1.95. The van der Waals surface area contributed by atoms with Crippen LogP contribution in [0.1, 0.15) is 12.7 Å². The van der Waals surface area contributed by atoms with Crippen LogP contribution >= 0.6 is 11.8 Å². The van der Waals surface area contributed by atoms with Crippen LogP contribution in [-0.4, -0.2) is 24.7 Å². The van der Waals surface area contributed by atoms with Crippen molar-refractivity contribution in [3.8, 4) is 0 Å². The number of anilines is 1. The average Bonchev–Trinajstić information content (AvgIpc) is 2.63. The summed E-state index contributed by atoms with van der Waals surface area (Å²) in [5.41, 5.74) is 5.69. The van der Waals surface area contributed by atoms with E-state index in [4.69, 9.17) is 5.73 Å². The number of hydrogen-bond acceptors (Lipinski definition) is 6. The largest absolute Gasteiger partial charge is 0.384 e. The first kappa shape index (κ1) is 10.9. The van der Waals surface area contributed by atoms with Gasteiger partial charge in [0.1, 0.15) is 23.0 Å². The first-order chi connectivity index (χ1) is 7.69. The van der Waals surface area contributed by atoms with E-state index in [1.807, 2.05) is 14.0 Å². The molecule has 0 aliphatic heterocycles. The minimum atomic E-state index is 0.483. The van der Waals surface area contributed by atoms with E-state index in [-0.39, 0.29) is 0 Å². The third kappa shape index (κ3) is 2.30. The highest BCUT2D eigenvalue weighted by molar-refractivity contribution is 7.99. The highest BCUT2D eigenvalue weighted by atomic mass is 32.2. The van der Waals surface area contributed by atoms with Gasteiger partial charge < -0.3 is 5.73 Å². The Hall–Kier alpha value is -1.63. The highest BCUT2D eigenvalue weighted by Gasteiger charge is 2.07. The Morgan fingerprint density at radius 2 is 2.25 bits per heavy atom. The van der Waals surface area contributed by atoms with Gasteiger partial charge in [-0.1, -0.05) is 6.92 Å². The van der Waals surface area contributed by atoms with Crippen molar-refractivity contribution in [2.24, 2.45) is 7.05 Å². The molecule has 7 heteroatoms. The van der Waals surface area contributed by atoms with Crippen molar-refractivity contribution >= 4 is 17.6 Å². The first-order valence-electron chi connectivity index (χ1n) is 4.84. The van der Waals surface area contributed by atoms with Gasteiger partial charge in [0.05, 0.1) is 0 Å². The van der Waals surface area contributed by atoms with Crippen molar-refractivity contribution in [1.82, 2.24) is 24.7 Å². The van der Waals surface area contributed by atoms with Gasteiger partial charge in [-0.2, -0.15) is 5.10 Å². The molecule has 0 aliphatic rings. The van der Waals surface area contributed by atoms with Gasteiger partial charge in [-0.05, 0) is 11.8 Å². The molecular formula is C9H12N6S.